The maximum atomic E-state index is 12.2. The summed E-state index contributed by atoms with van der Waals surface area (Å²) in [7, 11) is -3.49. The van der Waals surface area contributed by atoms with E-state index in [1.54, 1.807) is 6.07 Å². The third kappa shape index (κ3) is 13.4. The van der Waals surface area contributed by atoms with Crippen LogP contribution >= 0.6 is 0 Å². The predicted molar refractivity (Wildman–Crippen MR) is 97.6 cm³/mol. The minimum absolute atomic E-state index is 0.461. The monoisotopic (exact) mass is 366 g/mol. The third-order valence-electron chi connectivity index (χ3n) is 4.03. The van der Waals surface area contributed by atoms with Gasteiger partial charge in [-0.1, -0.05) is 38.5 Å². The SMILES string of the molecule is N#CCCCCCCCN(CCCCCCCC#N)S(=O)(=O)CC#N. The van der Waals surface area contributed by atoms with Crippen molar-refractivity contribution >= 4 is 10.0 Å². The van der Waals surface area contributed by atoms with Crippen LogP contribution in [0.15, 0.2) is 0 Å². The summed E-state index contributed by atoms with van der Waals surface area (Å²) in [5.74, 6) is -0.461. The lowest BCUT2D eigenvalue weighted by molar-refractivity contribution is 0.385. The molecule has 0 spiro atoms. The van der Waals surface area contributed by atoms with E-state index in [1.165, 1.54) is 4.31 Å². The van der Waals surface area contributed by atoms with E-state index in [4.69, 9.17) is 15.8 Å². The van der Waals surface area contributed by atoms with E-state index in [2.05, 4.69) is 12.1 Å². The van der Waals surface area contributed by atoms with Crippen molar-refractivity contribution in [1.29, 1.82) is 15.8 Å². The molecule has 0 atom stereocenters. The minimum atomic E-state index is -3.49. The van der Waals surface area contributed by atoms with Gasteiger partial charge in [-0.2, -0.15) is 15.8 Å². The summed E-state index contributed by atoms with van der Waals surface area (Å²) in [6, 6.07) is 5.99. The minimum Gasteiger partial charge on any atom is -0.211 e. The van der Waals surface area contributed by atoms with E-state index >= 15 is 0 Å². The lowest BCUT2D eigenvalue weighted by Crippen LogP contribution is -2.34. The van der Waals surface area contributed by atoms with Crippen molar-refractivity contribution < 1.29 is 8.42 Å². The Hall–Kier alpha value is -1.62. The fraction of sp³-hybridized carbons (Fsp3) is 0.833. The van der Waals surface area contributed by atoms with E-state index in [9.17, 15) is 8.42 Å². The molecule has 0 amide bonds. The van der Waals surface area contributed by atoms with Crippen molar-refractivity contribution in [2.24, 2.45) is 0 Å². The van der Waals surface area contributed by atoms with Crippen molar-refractivity contribution in [3.63, 3.8) is 0 Å². The summed E-state index contributed by atoms with van der Waals surface area (Å²) in [5, 5.41) is 25.7. The quantitative estimate of drug-likeness (QED) is 0.385. The molecule has 0 aliphatic heterocycles. The Bertz CT molecular complexity index is 527. The Morgan fingerprint density at radius 2 is 1.00 bits per heavy atom. The van der Waals surface area contributed by atoms with E-state index in [1.807, 2.05) is 0 Å². The number of sulfonamides is 1. The number of unbranched alkanes of at least 4 members (excludes halogenated alkanes) is 10. The molecule has 0 aliphatic carbocycles. The highest BCUT2D eigenvalue weighted by atomic mass is 32.2. The Morgan fingerprint density at radius 1 is 0.600 bits per heavy atom. The molecule has 0 fully saturated rings. The van der Waals surface area contributed by atoms with Crippen LogP contribution in [0.2, 0.25) is 0 Å². The fourth-order valence-electron chi connectivity index (χ4n) is 2.61. The van der Waals surface area contributed by atoms with Crippen LogP contribution in [-0.2, 0) is 10.0 Å². The molecule has 0 saturated carbocycles. The maximum absolute atomic E-state index is 12.2. The molecule has 0 aromatic carbocycles. The second-order valence-electron chi connectivity index (χ2n) is 6.17. The first-order valence-corrected chi connectivity index (χ1v) is 10.8. The molecule has 0 saturated heterocycles. The summed E-state index contributed by atoms with van der Waals surface area (Å²) in [6.45, 7) is 0.938. The summed E-state index contributed by atoms with van der Waals surface area (Å²) >= 11 is 0. The molecule has 0 heterocycles. The van der Waals surface area contributed by atoms with E-state index in [0.717, 1.165) is 64.2 Å². The standard InChI is InChI=1S/C18H30N4O2S/c19-13-9-5-1-3-7-11-16-22(25(23,24)18-15-21)17-12-8-4-2-6-10-14-20/h1-12,16-18H2. The van der Waals surface area contributed by atoms with Gasteiger partial charge in [0.1, 0.15) is 0 Å². The summed E-state index contributed by atoms with van der Waals surface area (Å²) in [5.41, 5.74) is 0. The fourth-order valence-corrected chi connectivity index (χ4v) is 3.77. The second kappa shape index (κ2) is 15.9. The summed E-state index contributed by atoms with van der Waals surface area (Å²) in [6.07, 6.45) is 10.4. The molecule has 0 N–H and O–H groups in total. The van der Waals surface area contributed by atoms with Crippen LogP contribution < -0.4 is 0 Å². The van der Waals surface area contributed by atoms with Crippen LogP contribution in [0.5, 0.6) is 0 Å². The van der Waals surface area contributed by atoms with Gasteiger partial charge in [-0.25, -0.2) is 12.7 Å². The zero-order chi connectivity index (χ0) is 18.8. The van der Waals surface area contributed by atoms with Crippen LogP contribution in [0.25, 0.3) is 0 Å². The average Bonchev–Trinajstić information content (AvgIpc) is 2.58. The zero-order valence-electron chi connectivity index (χ0n) is 15.1. The number of hydrogen-bond donors (Lipinski definition) is 0. The first-order valence-electron chi connectivity index (χ1n) is 9.17. The largest absolute Gasteiger partial charge is 0.227 e. The first kappa shape index (κ1) is 23.4. The highest BCUT2D eigenvalue weighted by Gasteiger charge is 2.20. The molecule has 0 rings (SSSR count). The highest BCUT2D eigenvalue weighted by molar-refractivity contribution is 7.89. The van der Waals surface area contributed by atoms with Gasteiger partial charge in [-0.05, 0) is 25.7 Å². The van der Waals surface area contributed by atoms with E-state index < -0.39 is 15.8 Å². The van der Waals surface area contributed by atoms with Gasteiger partial charge in [0.05, 0.1) is 18.2 Å². The van der Waals surface area contributed by atoms with Crippen LogP contribution in [0.4, 0.5) is 0 Å². The van der Waals surface area contributed by atoms with Gasteiger partial charge in [0.15, 0.2) is 5.75 Å². The van der Waals surface area contributed by atoms with E-state index in [0.29, 0.717) is 25.9 Å². The van der Waals surface area contributed by atoms with Crippen molar-refractivity contribution in [3.8, 4) is 18.2 Å². The van der Waals surface area contributed by atoms with Gasteiger partial charge < -0.3 is 0 Å². The Labute approximate surface area is 153 Å². The predicted octanol–water partition coefficient (Wildman–Crippen LogP) is 3.87. The normalized spacial score (nSPS) is 11.0. The molecule has 0 radical (unpaired) electrons. The molecule has 25 heavy (non-hydrogen) atoms. The highest BCUT2D eigenvalue weighted by Crippen LogP contribution is 2.12. The smallest absolute Gasteiger partial charge is 0.211 e. The number of hydrogen-bond acceptors (Lipinski definition) is 5. The van der Waals surface area contributed by atoms with Gasteiger partial charge in [-0.15, -0.1) is 0 Å². The molecule has 0 bridgehead atoms. The van der Waals surface area contributed by atoms with Gasteiger partial charge in [-0.3, -0.25) is 0 Å². The molecule has 6 nitrogen and oxygen atoms in total. The topological polar surface area (TPSA) is 109 Å². The molecule has 0 aromatic rings. The molecular formula is C18H30N4O2S. The third-order valence-corrected chi connectivity index (χ3v) is 5.68. The lowest BCUT2D eigenvalue weighted by atomic mass is 10.1. The molecule has 7 heteroatoms. The second-order valence-corrected chi connectivity index (χ2v) is 8.13. The van der Waals surface area contributed by atoms with Crippen LogP contribution in [-0.4, -0.2) is 31.6 Å². The maximum Gasteiger partial charge on any atom is 0.227 e. The summed E-state index contributed by atoms with van der Waals surface area (Å²) < 4.78 is 25.8. The number of nitrogens with zero attached hydrogens (tertiary/aromatic N) is 4. The van der Waals surface area contributed by atoms with Gasteiger partial charge in [0.25, 0.3) is 0 Å². The van der Waals surface area contributed by atoms with Crippen molar-refractivity contribution in [2.75, 3.05) is 18.8 Å². The Balaban J connectivity index is 4.11. The van der Waals surface area contributed by atoms with Gasteiger partial charge in [0, 0.05) is 25.9 Å². The molecule has 0 aromatic heterocycles. The molecule has 0 unspecified atom stereocenters. The van der Waals surface area contributed by atoms with Crippen LogP contribution in [0.1, 0.15) is 77.0 Å². The van der Waals surface area contributed by atoms with Gasteiger partial charge >= 0.3 is 0 Å². The van der Waals surface area contributed by atoms with Crippen molar-refractivity contribution in [3.05, 3.63) is 0 Å². The van der Waals surface area contributed by atoms with Crippen molar-refractivity contribution in [1.82, 2.24) is 4.31 Å². The number of nitriles is 3. The molecule has 0 aliphatic rings. The lowest BCUT2D eigenvalue weighted by Gasteiger charge is -2.20. The Kier molecular flexibility index (Phi) is 14.9. The van der Waals surface area contributed by atoms with Crippen LogP contribution in [0.3, 0.4) is 0 Å². The molecular weight excluding hydrogens is 336 g/mol. The van der Waals surface area contributed by atoms with Crippen LogP contribution in [0, 0.1) is 34.0 Å². The summed E-state index contributed by atoms with van der Waals surface area (Å²) in [4.78, 5) is 0. The van der Waals surface area contributed by atoms with Crippen molar-refractivity contribution in [2.45, 2.75) is 77.0 Å². The van der Waals surface area contributed by atoms with Gasteiger partial charge in [0.2, 0.25) is 10.0 Å². The average molecular weight is 367 g/mol. The first-order chi connectivity index (χ1) is 12.1. The number of rotatable bonds is 16. The molecule has 140 valence electrons. The zero-order valence-corrected chi connectivity index (χ0v) is 15.9. The Morgan fingerprint density at radius 3 is 1.40 bits per heavy atom. The van der Waals surface area contributed by atoms with E-state index in [-0.39, 0.29) is 0 Å².